The van der Waals surface area contributed by atoms with Crippen LogP contribution >= 0.6 is 22.9 Å². The van der Waals surface area contributed by atoms with Gasteiger partial charge in [-0.15, -0.1) is 0 Å². The summed E-state index contributed by atoms with van der Waals surface area (Å²) in [5.74, 6) is -0.422. The van der Waals surface area contributed by atoms with Crippen LogP contribution in [-0.4, -0.2) is 20.5 Å². The molecule has 4 aromatic rings. The molecule has 2 aromatic carbocycles. The fourth-order valence-electron chi connectivity index (χ4n) is 2.58. The van der Waals surface area contributed by atoms with Crippen LogP contribution in [0.2, 0.25) is 5.02 Å². The van der Waals surface area contributed by atoms with Gasteiger partial charge in [-0.25, -0.2) is 0 Å². The monoisotopic (exact) mass is 396 g/mol. The SMILES string of the molecule is O=C(NCc1ccccc1Cl)c1cc(=O)nc2sc(-c3ccccc3)nn12. The Morgan fingerprint density at radius 3 is 2.63 bits per heavy atom. The van der Waals surface area contributed by atoms with Gasteiger partial charge in [0, 0.05) is 23.2 Å². The average Bonchev–Trinajstić information content (AvgIpc) is 3.11. The van der Waals surface area contributed by atoms with Crippen LogP contribution in [0.1, 0.15) is 16.1 Å². The number of fused-ring (bicyclic) bond motifs is 1. The number of benzene rings is 2. The van der Waals surface area contributed by atoms with Crippen molar-refractivity contribution in [1.29, 1.82) is 0 Å². The van der Waals surface area contributed by atoms with Gasteiger partial charge in [-0.05, 0) is 11.6 Å². The summed E-state index contributed by atoms with van der Waals surface area (Å²) in [5, 5.41) is 8.48. The van der Waals surface area contributed by atoms with E-state index in [1.54, 1.807) is 6.07 Å². The molecule has 6 nitrogen and oxygen atoms in total. The number of hydrogen-bond donors (Lipinski definition) is 1. The molecule has 0 spiro atoms. The molecule has 0 saturated heterocycles. The zero-order chi connectivity index (χ0) is 18.8. The number of hydrogen-bond acceptors (Lipinski definition) is 5. The van der Waals surface area contributed by atoms with Crippen molar-refractivity contribution in [3.8, 4) is 10.6 Å². The largest absolute Gasteiger partial charge is 0.347 e. The molecule has 0 fully saturated rings. The summed E-state index contributed by atoms with van der Waals surface area (Å²) in [4.78, 5) is 28.9. The lowest BCUT2D eigenvalue weighted by atomic mass is 10.2. The molecule has 0 aliphatic rings. The minimum atomic E-state index is -0.485. The number of nitrogens with zero attached hydrogens (tertiary/aromatic N) is 3. The molecule has 8 heteroatoms. The number of carbonyl (C=O) groups excluding carboxylic acids is 1. The highest BCUT2D eigenvalue weighted by molar-refractivity contribution is 7.19. The van der Waals surface area contributed by atoms with E-state index in [-0.39, 0.29) is 12.2 Å². The van der Waals surface area contributed by atoms with Crippen LogP contribution in [0.15, 0.2) is 65.5 Å². The van der Waals surface area contributed by atoms with E-state index in [4.69, 9.17) is 11.6 Å². The molecule has 0 bridgehead atoms. The van der Waals surface area contributed by atoms with Crippen LogP contribution in [0.5, 0.6) is 0 Å². The van der Waals surface area contributed by atoms with Crippen molar-refractivity contribution >= 4 is 33.8 Å². The predicted octanol–water partition coefficient (Wildman–Crippen LogP) is 3.40. The van der Waals surface area contributed by atoms with E-state index in [1.807, 2.05) is 48.5 Å². The Morgan fingerprint density at radius 1 is 1.11 bits per heavy atom. The fraction of sp³-hybridized carbons (Fsp3) is 0.0526. The van der Waals surface area contributed by atoms with E-state index in [9.17, 15) is 9.59 Å². The number of nitrogens with one attached hydrogen (secondary N) is 1. The highest BCUT2D eigenvalue weighted by atomic mass is 35.5. The van der Waals surface area contributed by atoms with E-state index in [0.717, 1.165) is 11.1 Å². The first-order valence-electron chi connectivity index (χ1n) is 8.10. The van der Waals surface area contributed by atoms with Crippen LogP contribution in [0.3, 0.4) is 0 Å². The van der Waals surface area contributed by atoms with Crippen molar-refractivity contribution in [2.75, 3.05) is 0 Å². The Balaban J connectivity index is 1.68. The summed E-state index contributed by atoms with van der Waals surface area (Å²) in [7, 11) is 0. The van der Waals surface area contributed by atoms with Crippen LogP contribution in [-0.2, 0) is 6.54 Å². The van der Waals surface area contributed by atoms with Crippen molar-refractivity contribution in [3.05, 3.63) is 87.3 Å². The summed E-state index contributed by atoms with van der Waals surface area (Å²) in [5.41, 5.74) is 1.33. The molecule has 0 unspecified atom stereocenters. The van der Waals surface area contributed by atoms with Gasteiger partial charge in [-0.1, -0.05) is 71.5 Å². The standard InChI is InChI=1S/C19H13ClN4O2S/c20-14-9-5-4-8-13(14)11-21-17(26)15-10-16(25)22-19-24(15)23-18(27-19)12-6-2-1-3-7-12/h1-10H,11H2,(H,21,26). The highest BCUT2D eigenvalue weighted by Gasteiger charge is 2.16. The summed E-state index contributed by atoms with van der Waals surface area (Å²) in [6, 6.07) is 18.0. The first kappa shape index (κ1) is 17.4. The van der Waals surface area contributed by atoms with Gasteiger partial charge in [0.25, 0.3) is 11.5 Å². The Hall–Kier alpha value is -3.03. The minimum absolute atomic E-state index is 0.135. The van der Waals surface area contributed by atoms with Crippen molar-refractivity contribution in [1.82, 2.24) is 19.9 Å². The van der Waals surface area contributed by atoms with Gasteiger partial charge in [0.1, 0.15) is 10.7 Å². The molecular weight excluding hydrogens is 384 g/mol. The van der Waals surface area contributed by atoms with Crippen molar-refractivity contribution in [3.63, 3.8) is 0 Å². The maximum Gasteiger partial charge on any atom is 0.274 e. The maximum absolute atomic E-state index is 12.7. The van der Waals surface area contributed by atoms with E-state index in [0.29, 0.717) is 15.0 Å². The van der Waals surface area contributed by atoms with E-state index < -0.39 is 11.5 Å². The zero-order valence-corrected chi connectivity index (χ0v) is 15.5. The van der Waals surface area contributed by atoms with Gasteiger partial charge in [0.05, 0.1) is 0 Å². The Bertz CT molecular complexity index is 1190. The smallest absolute Gasteiger partial charge is 0.274 e. The number of amides is 1. The molecule has 0 radical (unpaired) electrons. The molecule has 0 aliphatic carbocycles. The van der Waals surface area contributed by atoms with E-state index in [1.165, 1.54) is 21.9 Å². The predicted molar refractivity (Wildman–Crippen MR) is 105 cm³/mol. The van der Waals surface area contributed by atoms with Crippen LogP contribution in [0.25, 0.3) is 15.5 Å². The van der Waals surface area contributed by atoms with E-state index >= 15 is 0 Å². The Kier molecular flexibility index (Phi) is 4.70. The van der Waals surface area contributed by atoms with Gasteiger partial charge >= 0.3 is 0 Å². The second-order valence-electron chi connectivity index (χ2n) is 5.72. The number of carbonyl (C=O) groups is 1. The summed E-state index contributed by atoms with van der Waals surface area (Å²) < 4.78 is 1.40. The highest BCUT2D eigenvalue weighted by Crippen LogP contribution is 2.24. The molecule has 2 aromatic heterocycles. The lowest BCUT2D eigenvalue weighted by Crippen LogP contribution is -2.27. The molecule has 0 atom stereocenters. The quantitative estimate of drug-likeness (QED) is 0.573. The topological polar surface area (TPSA) is 76.4 Å². The third kappa shape index (κ3) is 3.60. The number of halogens is 1. The van der Waals surface area contributed by atoms with Gasteiger partial charge in [0.2, 0.25) is 4.96 Å². The molecule has 4 rings (SSSR count). The molecule has 2 heterocycles. The van der Waals surface area contributed by atoms with Gasteiger partial charge < -0.3 is 5.32 Å². The normalized spacial score (nSPS) is 10.9. The summed E-state index contributed by atoms with van der Waals surface area (Å²) in [6.07, 6.45) is 0. The molecule has 1 amide bonds. The lowest BCUT2D eigenvalue weighted by Gasteiger charge is -2.07. The van der Waals surface area contributed by atoms with Crippen molar-refractivity contribution < 1.29 is 4.79 Å². The molecule has 27 heavy (non-hydrogen) atoms. The molecule has 1 N–H and O–H groups in total. The van der Waals surface area contributed by atoms with Crippen LogP contribution in [0.4, 0.5) is 0 Å². The van der Waals surface area contributed by atoms with Crippen molar-refractivity contribution in [2.45, 2.75) is 6.54 Å². The number of aromatic nitrogens is 3. The van der Waals surface area contributed by atoms with Crippen molar-refractivity contribution in [2.24, 2.45) is 0 Å². The van der Waals surface area contributed by atoms with Gasteiger partial charge in [-0.2, -0.15) is 14.6 Å². The second-order valence-corrected chi connectivity index (χ2v) is 7.08. The first-order valence-corrected chi connectivity index (χ1v) is 9.29. The summed E-state index contributed by atoms with van der Waals surface area (Å²) in [6.45, 7) is 0.243. The van der Waals surface area contributed by atoms with Crippen LogP contribution < -0.4 is 10.9 Å². The first-order chi connectivity index (χ1) is 13.1. The average molecular weight is 397 g/mol. The Morgan fingerprint density at radius 2 is 1.85 bits per heavy atom. The Labute approximate surface area is 163 Å². The lowest BCUT2D eigenvalue weighted by molar-refractivity contribution is 0.0943. The molecule has 0 aliphatic heterocycles. The number of rotatable bonds is 4. The van der Waals surface area contributed by atoms with Crippen LogP contribution in [0, 0.1) is 0 Å². The molecule has 134 valence electrons. The molecular formula is C19H13ClN4O2S. The fourth-order valence-corrected chi connectivity index (χ4v) is 3.70. The molecule has 0 saturated carbocycles. The van der Waals surface area contributed by atoms with E-state index in [2.05, 4.69) is 15.4 Å². The van der Waals surface area contributed by atoms with Gasteiger partial charge in [0.15, 0.2) is 0 Å². The zero-order valence-electron chi connectivity index (χ0n) is 13.9. The third-order valence-electron chi connectivity index (χ3n) is 3.90. The maximum atomic E-state index is 12.7. The second kappa shape index (κ2) is 7.30. The minimum Gasteiger partial charge on any atom is -0.347 e. The van der Waals surface area contributed by atoms with Gasteiger partial charge in [-0.3, -0.25) is 9.59 Å². The summed E-state index contributed by atoms with van der Waals surface area (Å²) >= 11 is 7.37. The third-order valence-corrected chi connectivity index (χ3v) is 5.23.